The van der Waals surface area contributed by atoms with E-state index in [1.54, 1.807) is 11.8 Å². The number of carbonyl (C=O) groups is 1. The van der Waals surface area contributed by atoms with Gasteiger partial charge in [-0.1, -0.05) is 34.9 Å². The molecule has 4 nitrogen and oxygen atoms in total. The number of thioether (sulfide) groups is 2. The molecule has 1 fully saturated rings. The third-order valence-electron chi connectivity index (χ3n) is 2.29. The van der Waals surface area contributed by atoms with E-state index in [2.05, 4.69) is 10.2 Å². The van der Waals surface area contributed by atoms with Gasteiger partial charge in [-0.3, -0.25) is 4.79 Å². The van der Waals surface area contributed by atoms with E-state index in [1.807, 2.05) is 6.26 Å². The van der Waals surface area contributed by atoms with Crippen LogP contribution in [0.2, 0.25) is 0 Å². The third-order valence-corrected chi connectivity index (χ3v) is 5.34. The zero-order valence-corrected chi connectivity index (χ0v) is 11.3. The molecule has 1 saturated heterocycles. The molecule has 1 aromatic heterocycles. The monoisotopic (exact) mass is 276 g/mol. The molecule has 0 radical (unpaired) electrons. The van der Waals surface area contributed by atoms with Crippen LogP contribution in [0.4, 0.5) is 0 Å². The summed E-state index contributed by atoms with van der Waals surface area (Å²) in [4.78, 5) is 11.7. The molecule has 1 unspecified atom stereocenters. The van der Waals surface area contributed by atoms with Gasteiger partial charge in [0, 0.05) is 12.5 Å². The lowest BCUT2D eigenvalue weighted by molar-refractivity contribution is -0.120. The van der Waals surface area contributed by atoms with Gasteiger partial charge < -0.3 is 4.74 Å². The second-order valence-corrected chi connectivity index (χ2v) is 6.61. The Morgan fingerprint density at radius 3 is 3.00 bits per heavy atom. The number of carbonyl (C=O) groups excluding carboxylic acids is 1. The molecule has 1 atom stereocenters. The molecule has 1 aliphatic rings. The minimum absolute atomic E-state index is 0.0976. The van der Waals surface area contributed by atoms with Crippen LogP contribution in [0, 0.1) is 5.92 Å². The Bertz CT molecular complexity index is 363. The highest BCUT2D eigenvalue weighted by molar-refractivity contribution is 8.03. The van der Waals surface area contributed by atoms with Crippen molar-refractivity contribution in [2.75, 3.05) is 25.2 Å². The van der Waals surface area contributed by atoms with Gasteiger partial charge in [-0.05, 0) is 12.7 Å². The Labute approximate surface area is 107 Å². The number of Topliss-reactive ketones (excluding diaryl/α,β-unsaturated/α-hetero) is 1. The van der Waals surface area contributed by atoms with Crippen LogP contribution in [0.25, 0.3) is 0 Å². The molecule has 1 aliphatic heterocycles. The maximum Gasteiger partial charge on any atom is 0.175 e. The van der Waals surface area contributed by atoms with E-state index in [-0.39, 0.29) is 11.7 Å². The Balaban J connectivity index is 1.80. The summed E-state index contributed by atoms with van der Waals surface area (Å²) in [6, 6.07) is 0. The first-order chi connectivity index (χ1) is 7.79. The number of nitrogens with zero attached hydrogens (tertiary/aromatic N) is 2. The molecular formula is C9H12N2O2S3. The molecule has 0 saturated carbocycles. The van der Waals surface area contributed by atoms with Crippen LogP contribution in [0.15, 0.2) is 8.68 Å². The van der Waals surface area contributed by atoms with Gasteiger partial charge in [0.05, 0.1) is 12.4 Å². The molecule has 2 heterocycles. The number of hydrogen-bond donors (Lipinski definition) is 0. The highest BCUT2D eigenvalue weighted by Crippen LogP contribution is 2.28. The Hall–Kier alpha value is -0.110. The SMILES string of the molecule is CSc1nnc(SCC(=O)C2CCOC2)s1. The molecular weight excluding hydrogens is 264 g/mol. The van der Waals surface area contributed by atoms with Gasteiger partial charge in [-0.15, -0.1) is 10.2 Å². The lowest BCUT2D eigenvalue weighted by atomic mass is 10.1. The smallest absolute Gasteiger partial charge is 0.175 e. The molecule has 0 aliphatic carbocycles. The Kier molecular flexibility index (Phi) is 4.63. The first-order valence-corrected chi connectivity index (χ1v) is 7.93. The number of ketones is 1. The van der Waals surface area contributed by atoms with E-state index in [0.29, 0.717) is 12.4 Å². The van der Waals surface area contributed by atoms with Gasteiger partial charge in [0.1, 0.15) is 5.78 Å². The fourth-order valence-corrected chi connectivity index (χ4v) is 3.79. The van der Waals surface area contributed by atoms with Gasteiger partial charge in [-0.2, -0.15) is 0 Å². The summed E-state index contributed by atoms with van der Waals surface area (Å²) >= 11 is 4.59. The summed E-state index contributed by atoms with van der Waals surface area (Å²) in [6.07, 6.45) is 2.83. The minimum atomic E-state index is 0.0976. The van der Waals surface area contributed by atoms with Crippen LogP contribution < -0.4 is 0 Å². The molecule has 7 heteroatoms. The standard InChI is InChI=1S/C9H12N2O2S3/c1-14-8-10-11-9(16-8)15-5-7(12)6-2-3-13-4-6/h6H,2-5H2,1H3. The van der Waals surface area contributed by atoms with E-state index in [1.165, 1.54) is 23.1 Å². The average Bonchev–Trinajstić information content (AvgIpc) is 2.96. The summed E-state index contributed by atoms with van der Waals surface area (Å²) in [5, 5.41) is 8.00. The number of rotatable bonds is 5. The molecule has 88 valence electrons. The molecule has 2 rings (SSSR count). The Morgan fingerprint density at radius 2 is 2.38 bits per heavy atom. The van der Waals surface area contributed by atoms with Crippen LogP contribution in [0.5, 0.6) is 0 Å². The van der Waals surface area contributed by atoms with Crippen molar-refractivity contribution in [3.63, 3.8) is 0 Å². The van der Waals surface area contributed by atoms with Crippen molar-refractivity contribution in [2.24, 2.45) is 5.92 Å². The summed E-state index contributed by atoms with van der Waals surface area (Å²) < 4.78 is 7.01. The fourth-order valence-electron chi connectivity index (χ4n) is 1.38. The van der Waals surface area contributed by atoms with Crippen LogP contribution in [-0.2, 0) is 9.53 Å². The fraction of sp³-hybridized carbons (Fsp3) is 0.667. The van der Waals surface area contributed by atoms with E-state index in [4.69, 9.17) is 4.74 Å². The molecule has 0 spiro atoms. The summed E-state index contributed by atoms with van der Waals surface area (Å²) in [6.45, 7) is 1.31. The highest BCUT2D eigenvalue weighted by Gasteiger charge is 2.23. The average molecular weight is 276 g/mol. The molecule has 0 aromatic carbocycles. The third kappa shape index (κ3) is 3.19. The molecule has 1 aromatic rings. The molecule has 0 bridgehead atoms. The summed E-state index contributed by atoms with van der Waals surface area (Å²) in [7, 11) is 0. The van der Waals surface area contributed by atoms with E-state index in [0.717, 1.165) is 21.7 Å². The first kappa shape index (κ1) is 12.3. The summed E-state index contributed by atoms with van der Waals surface area (Å²) in [5.74, 6) is 0.848. The minimum Gasteiger partial charge on any atom is -0.381 e. The summed E-state index contributed by atoms with van der Waals surface area (Å²) in [5.41, 5.74) is 0. The first-order valence-electron chi connectivity index (χ1n) is 4.90. The number of ether oxygens (including phenoxy) is 1. The lowest BCUT2D eigenvalue weighted by Gasteiger charge is -2.03. The number of aromatic nitrogens is 2. The van der Waals surface area contributed by atoms with E-state index >= 15 is 0 Å². The van der Waals surface area contributed by atoms with Crippen molar-refractivity contribution in [1.29, 1.82) is 0 Å². The van der Waals surface area contributed by atoms with Crippen molar-refractivity contribution >= 4 is 40.6 Å². The zero-order chi connectivity index (χ0) is 11.4. The number of hydrogen-bond acceptors (Lipinski definition) is 7. The molecule has 0 N–H and O–H groups in total. The maximum atomic E-state index is 11.7. The van der Waals surface area contributed by atoms with Crippen molar-refractivity contribution in [3.8, 4) is 0 Å². The second-order valence-electron chi connectivity index (χ2n) is 3.35. The normalized spacial score (nSPS) is 20.2. The van der Waals surface area contributed by atoms with Gasteiger partial charge in [0.15, 0.2) is 8.68 Å². The predicted molar refractivity (Wildman–Crippen MR) is 66.3 cm³/mol. The predicted octanol–water partition coefficient (Wildman–Crippen LogP) is 1.96. The quantitative estimate of drug-likeness (QED) is 0.766. The van der Waals surface area contributed by atoms with Crippen LogP contribution in [0.3, 0.4) is 0 Å². The second kappa shape index (κ2) is 6.00. The van der Waals surface area contributed by atoms with E-state index < -0.39 is 0 Å². The van der Waals surface area contributed by atoms with Crippen molar-refractivity contribution in [2.45, 2.75) is 15.1 Å². The van der Waals surface area contributed by atoms with Crippen molar-refractivity contribution in [3.05, 3.63) is 0 Å². The van der Waals surface area contributed by atoms with Crippen molar-refractivity contribution in [1.82, 2.24) is 10.2 Å². The largest absolute Gasteiger partial charge is 0.381 e. The molecule has 0 amide bonds. The Morgan fingerprint density at radius 1 is 1.56 bits per heavy atom. The van der Waals surface area contributed by atoms with Gasteiger partial charge >= 0.3 is 0 Å². The van der Waals surface area contributed by atoms with Gasteiger partial charge in [0.2, 0.25) is 0 Å². The van der Waals surface area contributed by atoms with Crippen LogP contribution in [-0.4, -0.2) is 41.2 Å². The van der Waals surface area contributed by atoms with E-state index in [9.17, 15) is 4.79 Å². The van der Waals surface area contributed by atoms with Gasteiger partial charge in [0.25, 0.3) is 0 Å². The lowest BCUT2D eigenvalue weighted by Crippen LogP contribution is -2.16. The van der Waals surface area contributed by atoms with Gasteiger partial charge in [-0.25, -0.2) is 0 Å². The zero-order valence-electron chi connectivity index (χ0n) is 8.84. The van der Waals surface area contributed by atoms with Crippen LogP contribution >= 0.6 is 34.9 Å². The topological polar surface area (TPSA) is 52.1 Å². The van der Waals surface area contributed by atoms with Crippen LogP contribution in [0.1, 0.15) is 6.42 Å². The maximum absolute atomic E-state index is 11.7. The highest BCUT2D eigenvalue weighted by atomic mass is 32.2. The molecule has 16 heavy (non-hydrogen) atoms. The van der Waals surface area contributed by atoms with Crippen molar-refractivity contribution < 1.29 is 9.53 Å².